The molecule has 2 nitrogen and oxygen atoms in total. The maximum atomic E-state index is 13.0. The molecule has 1 N–H and O–H groups in total. The Hall–Kier alpha value is -1.86. The van der Waals surface area contributed by atoms with Crippen LogP contribution < -0.4 is 0 Å². The third-order valence-electron chi connectivity index (χ3n) is 1.94. The first kappa shape index (κ1) is 9.69. The van der Waals surface area contributed by atoms with Crippen LogP contribution in [-0.2, 0) is 0 Å². The Morgan fingerprint density at radius 1 is 1.27 bits per heavy atom. The molecule has 15 heavy (non-hydrogen) atoms. The van der Waals surface area contributed by atoms with Crippen molar-refractivity contribution in [1.82, 2.24) is 0 Å². The quantitative estimate of drug-likeness (QED) is 0.800. The number of aromatic hydroxyl groups is 1. The molecule has 1 aromatic heterocycles. The Morgan fingerprint density at radius 2 is 2.07 bits per heavy atom. The molecule has 0 bridgehead atoms. The van der Waals surface area contributed by atoms with Crippen molar-refractivity contribution in [3.8, 4) is 22.3 Å². The van der Waals surface area contributed by atoms with Crippen LogP contribution >= 0.6 is 11.3 Å². The zero-order chi connectivity index (χ0) is 10.8. The van der Waals surface area contributed by atoms with Crippen molar-refractivity contribution >= 4 is 11.3 Å². The summed E-state index contributed by atoms with van der Waals surface area (Å²) in [4.78, 5) is 1.22. The van der Waals surface area contributed by atoms with Gasteiger partial charge in [0.15, 0.2) is 0 Å². The van der Waals surface area contributed by atoms with Crippen LogP contribution in [0.1, 0.15) is 4.88 Å². The van der Waals surface area contributed by atoms with Gasteiger partial charge in [0.05, 0.1) is 0 Å². The lowest BCUT2D eigenvalue weighted by molar-refractivity contribution is 0.475. The first-order valence-electron chi connectivity index (χ1n) is 4.19. The van der Waals surface area contributed by atoms with Gasteiger partial charge in [-0.05, 0) is 30.3 Å². The third-order valence-corrected chi connectivity index (χ3v) is 2.96. The normalized spacial score (nSPS) is 9.87. The van der Waals surface area contributed by atoms with Gasteiger partial charge in [0.1, 0.15) is 22.5 Å². The molecular weight excluding hydrogens is 213 g/mol. The maximum absolute atomic E-state index is 13.0. The summed E-state index contributed by atoms with van der Waals surface area (Å²) in [6, 6.07) is 9.08. The predicted molar refractivity (Wildman–Crippen MR) is 56.1 cm³/mol. The molecule has 0 aliphatic heterocycles. The largest absolute Gasteiger partial charge is 0.507 e. The molecule has 4 heteroatoms. The first-order valence-corrected chi connectivity index (χ1v) is 5.01. The van der Waals surface area contributed by atoms with Gasteiger partial charge in [0.2, 0.25) is 0 Å². The van der Waals surface area contributed by atoms with Crippen molar-refractivity contribution < 1.29 is 9.50 Å². The van der Waals surface area contributed by atoms with Crippen LogP contribution in [0.5, 0.6) is 5.75 Å². The number of rotatable bonds is 1. The molecule has 0 saturated heterocycles. The van der Waals surface area contributed by atoms with Crippen molar-refractivity contribution in [2.75, 3.05) is 0 Å². The summed E-state index contributed by atoms with van der Waals surface area (Å²) >= 11 is 1.22. The average Bonchev–Trinajstić information content (AvgIpc) is 2.70. The molecule has 0 fully saturated rings. The fourth-order valence-electron chi connectivity index (χ4n) is 1.25. The van der Waals surface area contributed by atoms with E-state index in [1.54, 1.807) is 12.1 Å². The Kier molecular flexibility index (Phi) is 2.40. The third kappa shape index (κ3) is 1.83. The lowest BCUT2D eigenvalue weighted by atomic mass is 10.1. The number of nitrogens with zero attached hydrogens (tertiary/aromatic N) is 1. The average molecular weight is 219 g/mol. The zero-order valence-electron chi connectivity index (χ0n) is 7.57. The molecule has 2 aromatic rings. The van der Waals surface area contributed by atoms with Crippen molar-refractivity contribution in [1.29, 1.82) is 5.26 Å². The molecular formula is C11H6FNOS. The lowest BCUT2D eigenvalue weighted by Gasteiger charge is -2.00. The Balaban J connectivity index is 2.54. The fourth-order valence-corrected chi connectivity index (χ4v) is 2.08. The number of hydrogen-bond donors (Lipinski definition) is 1. The van der Waals surface area contributed by atoms with Gasteiger partial charge in [-0.25, -0.2) is 4.39 Å². The standard InChI is InChI=1S/C11H6FNOS/c12-7-1-3-10(14)9(5-7)11-4-2-8(6-13)15-11/h1-5,14H. The van der Waals surface area contributed by atoms with Crippen LogP contribution in [0.4, 0.5) is 4.39 Å². The van der Waals surface area contributed by atoms with E-state index in [2.05, 4.69) is 0 Å². The summed E-state index contributed by atoms with van der Waals surface area (Å²) in [5.41, 5.74) is 0.418. The highest BCUT2D eigenvalue weighted by Crippen LogP contribution is 2.34. The highest BCUT2D eigenvalue weighted by Gasteiger charge is 2.08. The van der Waals surface area contributed by atoms with E-state index < -0.39 is 5.82 Å². The zero-order valence-corrected chi connectivity index (χ0v) is 8.38. The summed E-state index contributed by atoms with van der Waals surface area (Å²) in [5, 5.41) is 18.2. The fraction of sp³-hybridized carbons (Fsp3) is 0. The number of halogens is 1. The van der Waals surface area contributed by atoms with Gasteiger partial charge in [-0.2, -0.15) is 5.26 Å². The van der Waals surface area contributed by atoms with Crippen molar-refractivity contribution in [2.24, 2.45) is 0 Å². The van der Waals surface area contributed by atoms with Crippen molar-refractivity contribution in [2.45, 2.75) is 0 Å². The van der Waals surface area contributed by atoms with E-state index in [1.165, 1.54) is 29.5 Å². The summed E-state index contributed by atoms with van der Waals surface area (Å²) < 4.78 is 13.0. The molecule has 0 aliphatic rings. The van der Waals surface area contributed by atoms with Crippen LogP contribution in [0, 0.1) is 17.1 Å². The first-order chi connectivity index (χ1) is 7.20. The lowest BCUT2D eigenvalue weighted by Crippen LogP contribution is -1.77. The van der Waals surface area contributed by atoms with E-state index in [1.807, 2.05) is 6.07 Å². The van der Waals surface area contributed by atoms with E-state index in [4.69, 9.17) is 5.26 Å². The minimum absolute atomic E-state index is 0.0164. The highest BCUT2D eigenvalue weighted by atomic mass is 32.1. The second-order valence-corrected chi connectivity index (χ2v) is 4.02. The number of benzene rings is 1. The van der Waals surface area contributed by atoms with Gasteiger partial charge in [-0.3, -0.25) is 0 Å². The molecule has 0 radical (unpaired) electrons. The highest BCUT2D eigenvalue weighted by molar-refractivity contribution is 7.16. The van der Waals surface area contributed by atoms with Gasteiger partial charge in [-0.15, -0.1) is 11.3 Å². The van der Waals surface area contributed by atoms with Crippen LogP contribution in [0.15, 0.2) is 30.3 Å². The monoisotopic (exact) mass is 219 g/mol. The molecule has 0 amide bonds. The van der Waals surface area contributed by atoms with Crippen LogP contribution in [0.25, 0.3) is 10.4 Å². The second kappa shape index (κ2) is 3.71. The maximum Gasteiger partial charge on any atom is 0.124 e. The SMILES string of the molecule is N#Cc1ccc(-c2cc(F)ccc2O)s1. The molecule has 74 valence electrons. The Morgan fingerprint density at radius 3 is 2.73 bits per heavy atom. The molecule has 1 heterocycles. The number of phenolic OH excluding ortho intramolecular Hbond substituents is 1. The van der Waals surface area contributed by atoms with Gasteiger partial charge < -0.3 is 5.11 Å². The van der Waals surface area contributed by atoms with E-state index in [0.29, 0.717) is 15.3 Å². The topological polar surface area (TPSA) is 44.0 Å². The molecule has 0 atom stereocenters. The molecule has 0 aliphatic carbocycles. The predicted octanol–water partition coefficient (Wildman–Crippen LogP) is 3.13. The minimum Gasteiger partial charge on any atom is -0.507 e. The summed E-state index contributed by atoms with van der Waals surface area (Å²) in [7, 11) is 0. The van der Waals surface area contributed by atoms with E-state index in [0.717, 1.165) is 0 Å². The molecule has 2 rings (SSSR count). The second-order valence-electron chi connectivity index (χ2n) is 2.94. The number of hydrogen-bond acceptors (Lipinski definition) is 3. The summed E-state index contributed by atoms with van der Waals surface area (Å²) in [5.74, 6) is -0.391. The van der Waals surface area contributed by atoms with Crippen LogP contribution in [0.2, 0.25) is 0 Å². The smallest absolute Gasteiger partial charge is 0.124 e. The van der Waals surface area contributed by atoms with Crippen molar-refractivity contribution in [3.63, 3.8) is 0 Å². The number of phenols is 1. The van der Waals surface area contributed by atoms with Gasteiger partial charge in [0.25, 0.3) is 0 Å². The van der Waals surface area contributed by atoms with Crippen LogP contribution in [0.3, 0.4) is 0 Å². The molecule has 0 spiro atoms. The Bertz CT molecular complexity index is 542. The summed E-state index contributed by atoms with van der Waals surface area (Å²) in [6.07, 6.45) is 0. The number of thiophene rings is 1. The van der Waals surface area contributed by atoms with Gasteiger partial charge in [0, 0.05) is 10.4 Å². The van der Waals surface area contributed by atoms with Gasteiger partial charge in [-0.1, -0.05) is 0 Å². The molecule has 1 aromatic carbocycles. The number of nitriles is 1. The van der Waals surface area contributed by atoms with Crippen LogP contribution in [-0.4, -0.2) is 5.11 Å². The van der Waals surface area contributed by atoms with E-state index in [9.17, 15) is 9.50 Å². The Labute approximate surface area is 89.8 Å². The van der Waals surface area contributed by atoms with E-state index >= 15 is 0 Å². The molecule has 0 unspecified atom stereocenters. The summed E-state index contributed by atoms with van der Waals surface area (Å²) in [6.45, 7) is 0. The van der Waals surface area contributed by atoms with E-state index in [-0.39, 0.29) is 5.75 Å². The minimum atomic E-state index is -0.408. The van der Waals surface area contributed by atoms with Crippen molar-refractivity contribution in [3.05, 3.63) is 41.0 Å². The molecule has 0 saturated carbocycles. The van der Waals surface area contributed by atoms with Gasteiger partial charge >= 0.3 is 0 Å².